The summed E-state index contributed by atoms with van der Waals surface area (Å²) in [5.41, 5.74) is 0. The van der Waals surface area contributed by atoms with Crippen LogP contribution < -0.4 is 0 Å². The Morgan fingerprint density at radius 3 is 1.78 bits per heavy atom. The second-order valence-electron chi connectivity index (χ2n) is 11.5. The minimum absolute atomic E-state index is 0.170. The van der Waals surface area contributed by atoms with E-state index < -0.39 is 51.8 Å². The van der Waals surface area contributed by atoms with Crippen molar-refractivity contribution in [1.29, 1.82) is 0 Å². The average molecular weight is 663 g/mol. The standard InChI is InChI=1S/C34H63O10P/c1-3-5-7-9-11-13-14-15-16-17-18-20-22-24-26-34(38)44-32(30-43-45(39,40)42-28-31(36)27-35)29-41-33(37)25-23-21-19-12-10-8-6-4-2/h9,11,14-15,31-32,35-36H,3-8,10,12-13,16-30H2,1-2H3,(H,39,40)/b11-9+,15-14+/t31-,32+/m0/s1. The Balaban J connectivity index is 4.43. The van der Waals surface area contributed by atoms with Gasteiger partial charge in [-0.25, -0.2) is 4.57 Å². The molecular formula is C34H63O10P. The summed E-state index contributed by atoms with van der Waals surface area (Å²) in [4.78, 5) is 34.6. The van der Waals surface area contributed by atoms with Gasteiger partial charge in [0.25, 0.3) is 0 Å². The van der Waals surface area contributed by atoms with Crippen LogP contribution in [0.5, 0.6) is 0 Å². The third-order valence-electron chi connectivity index (χ3n) is 7.11. The summed E-state index contributed by atoms with van der Waals surface area (Å²) >= 11 is 0. The molecule has 3 atom stereocenters. The monoisotopic (exact) mass is 662 g/mol. The summed E-state index contributed by atoms with van der Waals surface area (Å²) in [6.07, 6.45) is 25.9. The third kappa shape index (κ3) is 30.8. The second kappa shape index (κ2) is 31.1. The first kappa shape index (κ1) is 43.5. The number of carbonyl (C=O) groups excluding carboxylic acids is 2. The van der Waals surface area contributed by atoms with Crippen molar-refractivity contribution in [3.8, 4) is 0 Å². The molecule has 3 N–H and O–H groups in total. The normalized spacial score (nSPS) is 14.5. The van der Waals surface area contributed by atoms with Gasteiger partial charge in [0.1, 0.15) is 12.7 Å². The quantitative estimate of drug-likeness (QED) is 0.0281. The van der Waals surface area contributed by atoms with Crippen molar-refractivity contribution in [1.82, 2.24) is 0 Å². The Hall–Kier alpha value is -1.55. The van der Waals surface area contributed by atoms with E-state index in [1.165, 1.54) is 38.5 Å². The van der Waals surface area contributed by atoms with E-state index in [0.29, 0.717) is 12.8 Å². The lowest BCUT2D eigenvalue weighted by molar-refractivity contribution is -0.161. The van der Waals surface area contributed by atoms with E-state index in [0.717, 1.165) is 64.2 Å². The van der Waals surface area contributed by atoms with Gasteiger partial charge < -0.3 is 24.6 Å². The highest BCUT2D eigenvalue weighted by Gasteiger charge is 2.27. The minimum atomic E-state index is -4.60. The first-order valence-electron chi connectivity index (χ1n) is 17.3. The second-order valence-corrected chi connectivity index (χ2v) is 13.0. The van der Waals surface area contributed by atoms with Gasteiger partial charge in [-0.3, -0.25) is 18.6 Å². The largest absolute Gasteiger partial charge is 0.472 e. The molecule has 1 unspecified atom stereocenters. The molecule has 0 aliphatic rings. The Kier molecular flexibility index (Phi) is 30.0. The zero-order chi connectivity index (χ0) is 33.4. The van der Waals surface area contributed by atoms with Crippen molar-refractivity contribution in [3.63, 3.8) is 0 Å². The van der Waals surface area contributed by atoms with E-state index in [1.54, 1.807) is 0 Å². The van der Waals surface area contributed by atoms with Crippen LogP contribution in [0.15, 0.2) is 24.3 Å². The van der Waals surface area contributed by atoms with E-state index >= 15 is 0 Å². The third-order valence-corrected chi connectivity index (χ3v) is 8.06. The summed E-state index contributed by atoms with van der Waals surface area (Å²) in [6, 6.07) is 0. The van der Waals surface area contributed by atoms with Crippen LogP contribution in [-0.4, -0.2) is 65.7 Å². The molecule has 0 aliphatic carbocycles. The van der Waals surface area contributed by atoms with Crippen molar-refractivity contribution in [3.05, 3.63) is 24.3 Å². The fourth-order valence-electron chi connectivity index (χ4n) is 4.36. The number of rotatable bonds is 32. The first-order chi connectivity index (χ1) is 21.7. The lowest BCUT2D eigenvalue weighted by Crippen LogP contribution is -2.29. The van der Waals surface area contributed by atoms with Crippen molar-refractivity contribution >= 4 is 19.8 Å². The van der Waals surface area contributed by atoms with Gasteiger partial charge in [0.05, 0.1) is 19.8 Å². The molecule has 11 heteroatoms. The van der Waals surface area contributed by atoms with Crippen molar-refractivity contribution in [2.75, 3.05) is 26.4 Å². The lowest BCUT2D eigenvalue weighted by Gasteiger charge is -2.20. The van der Waals surface area contributed by atoms with Gasteiger partial charge in [-0.05, 0) is 38.5 Å². The molecule has 0 amide bonds. The van der Waals surface area contributed by atoms with Crippen LogP contribution in [0.3, 0.4) is 0 Å². The molecular weight excluding hydrogens is 599 g/mol. The number of aliphatic hydroxyl groups excluding tert-OH is 2. The van der Waals surface area contributed by atoms with Gasteiger partial charge >= 0.3 is 19.8 Å². The number of unbranched alkanes of at least 4 members (excludes halogenated alkanes) is 14. The first-order valence-corrected chi connectivity index (χ1v) is 18.8. The van der Waals surface area contributed by atoms with Crippen LogP contribution in [0.4, 0.5) is 0 Å². The predicted molar refractivity (Wildman–Crippen MR) is 178 cm³/mol. The number of hydrogen-bond donors (Lipinski definition) is 3. The molecule has 10 nitrogen and oxygen atoms in total. The van der Waals surface area contributed by atoms with Crippen LogP contribution in [0, 0.1) is 0 Å². The summed E-state index contributed by atoms with van der Waals surface area (Å²) in [7, 11) is -4.60. The molecule has 0 spiro atoms. The number of aliphatic hydroxyl groups is 2. The molecule has 0 rings (SSSR count). The van der Waals surface area contributed by atoms with E-state index in [2.05, 4.69) is 42.7 Å². The zero-order valence-corrected chi connectivity index (χ0v) is 29.0. The fourth-order valence-corrected chi connectivity index (χ4v) is 5.15. The number of carbonyl (C=O) groups is 2. The Labute approximate surface area is 272 Å². The molecule has 0 saturated heterocycles. The van der Waals surface area contributed by atoms with Crippen molar-refractivity contribution < 1.29 is 47.8 Å². The number of hydrogen-bond acceptors (Lipinski definition) is 9. The molecule has 0 radical (unpaired) electrons. The van der Waals surface area contributed by atoms with Gasteiger partial charge in [0, 0.05) is 12.8 Å². The zero-order valence-electron chi connectivity index (χ0n) is 28.1. The highest BCUT2D eigenvalue weighted by Crippen LogP contribution is 2.43. The minimum Gasteiger partial charge on any atom is -0.462 e. The van der Waals surface area contributed by atoms with Crippen LogP contribution in [0.2, 0.25) is 0 Å². The number of phosphoric acid groups is 1. The number of allylic oxidation sites excluding steroid dienone is 4. The molecule has 0 aromatic rings. The summed E-state index contributed by atoms with van der Waals surface area (Å²) in [6.45, 7) is 2.25. The van der Waals surface area contributed by atoms with E-state index in [4.69, 9.17) is 19.1 Å². The van der Waals surface area contributed by atoms with Crippen molar-refractivity contribution in [2.45, 2.75) is 154 Å². The van der Waals surface area contributed by atoms with Crippen LogP contribution in [0.25, 0.3) is 0 Å². The number of esters is 2. The van der Waals surface area contributed by atoms with Gasteiger partial charge in [-0.15, -0.1) is 0 Å². The van der Waals surface area contributed by atoms with Gasteiger partial charge in [-0.1, -0.05) is 115 Å². The number of phosphoric ester groups is 1. The van der Waals surface area contributed by atoms with Crippen LogP contribution >= 0.6 is 7.82 Å². The van der Waals surface area contributed by atoms with Crippen molar-refractivity contribution in [2.24, 2.45) is 0 Å². The van der Waals surface area contributed by atoms with Gasteiger partial charge in [-0.2, -0.15) is 0 Å². The van der Waals surface area contributed by atoms with Gasteiger partial charge in [0.15, 0.2) is 6.10 Å². The number of ether oxygens (including phenoxy) is 2. The van der Waals surface area contributed by atoms with Crippen LogP contribution in [-0.2, 0) is 32.7 Å². The smallest absolute Gasteiger partial charge is 0.462 e. The maximum absolute atomic E-state index is 12.5. The molecule has 0 fully saturated rings. The van der Waals surface area contributed by atoms with Gasteiger partial charge in [0.2, 0.25) is 0 Å². The Morgan fingerprint density at radius 2 is 1.18 bits per heavy atom. The SMILES string of the molecule is CCCC/C=C/C/C=C/CCCCCCCC(=O)O[C@H](COC(=O)CCCCCCCCCC)COP(=O)(O)OC[C@@H](O)CO. The maximum atomic E-state index is 12.5. The maximum Gasteiger partial charge on any atom is 0.472 e. The molecule has 0 saturated carbocycles. The highest BCUT2D eigenvalue weighted by molar-refractivity contribution is 7.47. The summed E-state index contributed by atoms with van der Waals surface area (Å²) in [5, 5.41) is 18.2. The molecule has 0 aliphatic heterocycles. The highest BCUT2D eigenvalue weighted by atomic mass is 31.2. The average Bonchev–Trinajstić information content (AvgIpc) is 3.02. The molecule has 0 aromatic carbocycles. The van der Waals surface area contributed by atoms with Crippen LogP contribution in [0.1, 0.15) is 142 Å². The summed E-state index contributed by atoms with van der Waals surface area (Å²) < 4.78 is 32.4. The molecule has 45 heavy (non-hydrogen) atoms. The fraction of sp³-hybridized carbons (Fsp3) is 0.824. The molecule has 0 heterocycles. The predicted octanol–water partition coefficient (Wildman–Crippen LogP) is 7.88. The lowest BCUT2D eigenvalue weighted by atomic mass is 10.1. The topological polar surface area (TPSA) is 149 Å². The van der Waals surface area contributed by atoms with E-state index in [9.17, 15) is 24.2 Å². The molecule has 0 bridgehead atoms. The summed E-state index contributed by atoms with van der Waals surface area (Å²) in [5.74, 6) is -0.947. The Morgan fingerprint density at radius 1 is 0.667 bits per heavy atom. The Bertz CT molecular complexity index is 817. The van der Waals surface area contributed by atoms with E-state index in [1.807, 2.05) is 0 Å². The van der Waals surface area contributed by atoms with E-state index in [-0.39, 0.29) is 19.4 Å². The molecule has 264 valence electrons. The molecule has 0 aromatic heterocycles.